The van der Waals surface area contributed by atoms with Crippen molar-refractivity contribution >= 4 is 12.2 Å². The minimum Gasteiger partial charge on any atom is -0.458 e. The van der Waals surface area contributed by atoms with Gasteiger partial charge in [0.15, 0.2) is 0 Å². The van der Waals surface area contributed by atoms with Gasteiger partial charge in [0.1, 0.15) is 6.61 Å². The molecule has 4 N–H and O–H groups in total. The van der Waals surface area contributed by atoms with Gasteiger partial charge in [0.05, 0.1) is 30.0 Å². The lowest BCUT2D eigenvalue weighted by atomic mass is 9.41. The Morgan fingerprint density at radius 3 is 2.59 bits per heavy atom. The molecule has 0 bridgehead atoms. The molecule has 190 valence electrons. The van der Waals surface area contributed by atoms with Crippen molar-refractivity contribution in [1.29, 1.82) is 0 Å². The smallest absolute Gasteiger partial charge is 0.331 e. The quantitative estimate of drug-likeness (QED) is 0.358. The Balaban J connectivity index is 1.53. The summed E-state index contributed by atoms with van der Waals surface area (Å²) in [7, 11) is 0. The number of aliphatic hydroxyl groups is 4. The summed E-state index contributed by atoms with van der Waals surface area (Å²) in [4.78, 5) is 16.5. The molecule has 1 aliphatic heterocycles. The molecule has 0 amide bonds. The highest BCUT2D eigenvalue weighted by atomic mass is 16.5. The van der Waals surface area contributed by atoms with Crippen LogP contribution in [0.1, 0.15) is 78.1 Å². The van der Waals surface area contributed by atoms with Crippen LogP contribution < -0.4 is 0 Å². The highest BCUT2D eigenvalue weighted by Crippen LogP contribution is 2.70. The van der Waals surface area contributed by atoms with E-state index in [0.717, 1.165) is 31.3 Å². The van der Waals surface area contributed by atoms with Gasteiger partial charge in [0, 0.05) is 29.5 Å². The second-order valence-electron chi connectivity index (χ2n) is 12.0. The zero-order chi connectivity index (χ0) is 24.4. The van der Waals surface area contributed by atoms with Crippen molar-refractivity contribution in [3.8, 4) is 0 Å². The molecule has 9 unspecified atom stereocenters. The van der Waals surface area contributed by atoms with Crippen LogP contribution in [0.4, 0.5) is 0 Å². The molecule has 9 atom stereocenters. The molecule has 4 fully saturated rings. The predicted octanol–water partition coefficient (Wildman–Crippen LogP) is 2.54. The number of aliphatic hydroxyl groups excluding tert-OH is 2. The fourth-order valence-electron chi connectivity index (χ4n) is 8.88. The molecule has 7 nitrogen and oxygen atoms in total. The molecule has 0 aromatic carbocycles. The van der Waals surface area contributed by atoms with Crippen molar-refractivity contribution in [3.63, 3.8) is 0 Å². The minimum atomic E-state index is -1.06. The van der Waals surface area contributed by atoms with Gasteiger partial charge in [-0.05, 0) is 81.1 Å². The molecular formula is C27H41NO6. The lowest BCUT2D eigenvalue weighted by molar-refractivity contribution is -0.237. The number of hydrogen-bond acceptors (Lipinski definition) is 7. The van der Waals surface area contributed by atoms with Crippen LogP contribution in [0.25, 0.3) is 0 Å². The fourth-order valence-corrected chi connectivity index (χ4v) is 8.88. The molecule has 5 aliphatic rings. The van der Waals surface area contributed by atoms with Crippen LogP contribution in [0.3, 0.4) is 0 Å². The third kappa shape index (κ3) is 3.30. The number of aliphatic imine (C=N–C) groups is 1. The van der Waals surface area contributed by atoms with E-state index < -0.39 is 22.7 Å². The first-order valence-corrected chi connectivity index (χ1v) is 13.3. The van der Waals surface area contributed by atoms with Crippen LogP contribution in [0.5, 0.6) is 0 Å². The van der Waals surface area contributed by atoms with E-state index in [9.17, 15) is 25.2 Å². The van der Waals surface area contributed by atoms with Crippen LogP contribution in [0.2, 0.25) is 0 Å². The lowest BCUT2D eigenvalue weighted by Gasteiger charge is -2.65. The number of carbonyl (C=O) groups is 1. The van der Waals surface area contributed by atoms with E-state index in [0.29, 0.717) is 45.1 Å². The summed E-state index contributed by atoms with van der Waals surface area (Å²) in [5.41, 5.74) is -1.88. The number of hydrogen-bond donors (Lipinski definition) is 4. The van der Waals surface area contributed by atoms with Crippen molar-refractivity contribution in [2.24, 2.45) is 33.6 Å². The standard InChI is InChI=1S/C27H41NO6/c1-3-18(14-29)28-16-25-9-4-19(30)13-26(25,32)10-6-22-21(25)5-8-24(2)20(7-11-27(22,24)33)17-12-23(31)34-15-17/h12,16,18-22,29-30,32-33H,3-11,13-15H2,1-2H3. The van der Waals surface area contributed by atoms with Gasteiger partial charge in [-0.15, -0.1) is 0 Å². The van der Waals surface area contributed by atoms with Gasteiger partial charge in [-0.3, -0.25) is 4.99 Å². The normalized spacial score (nSPS) is 49.2. The van der Waals surface area contributed by atoms with Gasteiger partial charge in [-0.1, -0.05) is 13.8 Å². The van der Waals surface area contributed by atoms with Crippen LogP contribution >= 0.6 is 0 Å². The average molecular weight is 476 g/mol. The number of cyclic esters (lactones) is 1. The van der Waals surface area contributed by atoms with E-state index in [2.05, 4.69) is 6.92 Å². The topological polar surface area (TPSA) is 120 Å². The zero-order valence-corrected chi connectivity index (χ0v) is 20.6. The van der Waals surface area contributed by atoms with Gasteiger partial charge in [-0.25, -0.2) is 4.79 Å². The van der Waals surface area contributed by atoms with Crippen molar-refractivity contribution < 1.29 is 30.0 Å². The predicted molar refractivity (Wildman–Crippen MR) is 127 cm³/mol. The first kappa shape index (κ1) is 24.4. The highest BCUT2D eigenvalue weighted by molar-refractivity contribution is 5.85. The summed E-state index contributed by atoms with van der Waals surface area (Å²) < 4.78 is 5.22. The summed E-state index contributed by atoms with van der Waals surface area (Å²) in [6.07, 6.45) is 9.79. The highest BCUT2D eigenvalue weighted by Gasteiger charge is 2.71. The van der Waals surface area contributed by atoms with Crippen molar-refractivity contribution in [2.45, 2.75) is 101 Å². The van der Waals surface area contributed by atoms with Crippen LogP contribution in [-0.4, -0.2) is 69.2 Å². The lowest BCUT2D eigenvalue weighted by Crippen LogP contribution is -2.68. The van der Waals surface area contributed by atoms with E-state index in [1.54, 1.807) is 6.08 Å². The number of esters is 1. The van der Waals surface area contributed by atoms with Gasteiger partial charge < -0.3 is 25.2 Å². The molecule has 4 aliphatic carbocycles. The number of fused-ring (bicyclic) bond motifs is 5. The summed E-state index contributed by atoms with van der Waals surface area (Å²) in [6, 6.07) is -0.203. The Kier molecular flexibility index (Phi) is 6.03. The molecule has 5 rings (SSSR count). The molecule has 0 spiro atoms. The number of carbonyl (C=O) groups excluding carboxylic acids is 1. The summed E-state index contributed by atoms with van der Waals surface area (Å²) >= 11 is 0. The summed E-state index contributed by atoms with van der Waals surface area (Å²) in [6.45, 7) is 4.49. The van der Waals surface area contributed by atoms with E-state index in [1.807, 2.05) is 13.1 Å². The fraction of sp³-hybridized carbons (Fsp3) is 0.852. The van der Waals surface area contributed by atoms with E-state index >= 15 is 0 Å². The SMILES string of the molecule is CCC(CO)N=CC12CCC(O)CC1(O)CCC1C2CCC2(C)C(C3=CC(=O)OC3)CCC12O. The van der Waals surface area contributed by atoms with Crippen molar-refractivity contribution in [2.75, 3.05) is 13.2 Å². The Labute approximate surface area is 202 Å². The monoisotopic (exact) mass is 475 g/mol. The van der Waals surface area contributed by atoms with Gasteiger partial charge in [-0.2, -0.15) is 0 Å². The maximum atomic E-state index is 12.4. The van der Waals surface area contributed by atoms with E-state index in [1.165, 1.54) is 0 Å². The third-order valence-corrected chi connectivity index (χ3v) is 10.8. The van der Waals surface area contributed by atoms with Crippen LogP contribution in [0, 0.1) is 28.6 Å². The Hall–Kier alpha value is -1.28. The Bertz CT molecular complexity index is 884. The van der Waals surface area contributed by atoms with Gasteiger partial charge in [0.2, 0.25) is 0 Å². The zero-order valence-electron chi connectivity index (χ0n) is 20.6. The molecule has 7 heteroatoms. The first-order valence-electron chi connectivity index (χ1n) is 13.3. The maximum Gasteiger partial charge on any atom is 0.331 e. The largest absolute Gasteiger partial charge is 0.458 e. The molecule has 1 heterocycles. The Morgan fingerprint density at radius 1 is 1.15 bits per heavy atom. The molecular weight excluding hydrogens is 434 g/mol. The summed E-state index contributed by atoms with van der Waals surface area (Å²) in [5.74, 6) is -0.0740. The number of rotatable bonds is 5. The molecule has 0 saturated heterocycles. The number of ether oxygens (including phenoxy) is 1. The maximum absolute atomic E-state index is 12.4. The molecule has 4 saturated carbocycles. The number of nitrogens with zero attached hydrogens (tertiary/aromatic N) is 1. The second-order valence-corrected chi connectivity index (χ2v) is 12.0. The van der Waals surface area contributed by atoms with E-state index in [-0.39, 0.29) is 41.8 Å². The van der Waals surface area contributed by atoms with Gasteiger partial charge >= 0.3 is 5.97 Å². The van der Waals surface area contributed by atoms with Crippen LogP contribution in [0.15, 0.2) is 16.6 Å². The third-order valence-electron chi connectivity index (χ3n) is 10.8. The van der Waals surface area contributed by atoms with Crippen LogP contribution in [-0.2, 0) is 9.53 Å². The molecule has 0 radical (unpaired) electrons. The van der Waals surface area contributed by atoms with E-state index in [4.69, 9.17) is 9.73 Å². The molecule has 0 aromatic heterocycles. The van der Waals surface area contributed by atoms with Crippen molar-refractivity contribution in [3.05, 3.63) is 11.6 Å². The summed E-state index contributed by atoms with van der Waals surface area (Å²) in [5, 5.41) is 44.6. The average Bonchev–Trinajstić information content (AvgIpc) is 3.34. The minimum absolute atomic E-state index is 0.0195. The second kappa shape index (κ2) is 8.39. The molecule has 34 heavy (non-hydrogen) atoms. The van der Waals surface area contributed by atoms with Crippen molar-refractivity contribution in [1.82, 2.24) is 0 Å². The van der Waals surface area contributed by atoms with Gasteiger partial charge in [0.25, 0.3) is 0 Å². The molecule has 0 aromatic rings. The first-order chi connectivity index (χ1) is 16.1. The Morgan fingerprint density at radius 2 is 1.91 bits per heavy atom.